The normalized spacial score (nSPS) is 15.4. The number of hydrogen-bond donors (Lipinski definition) is 1. The number of fused-ring (bicyclic) bond motifs is 3. The van der Waals surface area contributed by atoms with Gasteiger partial charge < -0.3 is 5.73 Å². The SMILES string of the molecule is Nc1cc(Cl)c2c(c1)-c1ccccc1S2(=O)=O. The maximum Gasteiger partial charge on any atom is 0.209 e. The molecular weight excluding hydrogens is 258 g/mol. The van der Waals surface area contributed by atoms with Gasteiger partial charge in [-0.2, -0.15) is 0 Å². The van der Waals surface area contributed by atoms with Gasteiger partial charge in [-0.3, -0.25) is 0 Å². The van der Waals surface area contributed by atoms with Crippen molar-refractivity contribution in [2.75, 3.05) is 5.73 Å². The Labute approximate surface area is 104 Å². The Morgan fingerprint density at radius 1 is 1.06 bits per heavy atom. The van der Waals surface area contributed by atoms with E-state index in [4.69, 9.17) is 17.3 Å². The number of anilines is 1. The van der Waals surface area contributed by atoms with Crippen LogP contribution in [0, 0.1) is 0 Å². The van der Waals surface area contributed by atoms with E-state index in [1.807, 2.05) is 0 Å². The second-order valence-corrected chi connectivity index (χ2v) is 6.14. The second kappa shape index (κ2) is 3.24. The predicted octanol–water partition coefficient (Wildman–Crippen LogP) is 2.74. The van der Waals surface area contributed by atoms with Crippen LogP contribution in [0.25, 0.3) is 11.1 Å². The van der Waals surface area contributed by atoms with Crippen molar-refractivity contribution in [1.29, 1.82) is 0 Å². The fraction of sp³-hybridized carbons (Fsp3) is 0. The molecule has 0 unspecified atom stereocenters. The van der Waals surface area contributed by atoms with Crippen molar-refractivity contribution in [3.8, 4) is 11.1 Å². The molecule has 86 valence electrons. The first-order chi connectivity index (χ1) is 8.01. The lowest BCUT2D eigenvalue weighted by molar-refractivity contribution is 0.599. The lowest BCUT2D eigenvalue weighted by Gasteiger charge is -2.03. The zero-order valence-electron chi connectivity index (χ0n) is 8.64. The fourth-order valence-corrected chi connectivity index (χ4v) is 4.37. The Balaban J connectivity index is 2.54. The van der Waals surface area contributed by atoms with Crippen LogP contribution in [0.4, 0.5) is 5.69 Å². The van der Waals surface area contributed by atoms with E-state index in [1.54, 1.807) is 30.3 Å². The molecule has 5 heteroatoms. The summed E-state index contributed by atoms with van der Waals surface area (Å²) in [5, 5.41) is 0.177. The highest BCUT2D eigenvalue weighted by Crippen LogP contribution is 2.46. The van der Waals surface area contributed by atoms with E-state index in [0.29, 0.717) is 21.7 Å². The Bertz CT molecular complexity index is 738. The lowest BCUT2D eigenvalue weighted by atomic mass is 10.1. The van der Waals surface area contributed by atoms with E-state index in [2.05, 4.69) is 0 Å². The van der Waals surface area contributed by atoms with Crippen molar-refractivity contribution >= 4 is 27.1 Å². The standard InChI is InChI=1S/C12H8ClNO2S/c13-10-6-7(14)5-9-8-3-1-2-4-11(8)17(15,16)12(9)10/h1-6H,14H2. The number of benzene rings is 2. The minimum absolute atomic E-state index is 0.162. The smallest absolute Gasteiger partial charge is 0.209 e. The minimum Gasteiger partial charge on any atom is -0.399 e. The molecule has 0 aromatic heterocycles. The Kier molecular flexibility index (Phi) is 2.03. The van der Waals surface area contributed by atoms with Crippen molar-refractivity contribution in [3.05, 3.63) is 41.4 Å². The van der Waals surface area contributed by atoms with Crippen molar-refractivity contribution in [1.82, 2.24) is 0 Å². The molecule has 2 N–H and O–H groups in total. The van der Waals surface area contributed by atoms with Crippen LogP contribution < -0.4 is 5.73 Å². The van der Waals surface area contributed by atoms with E-state index in [1.165, 1.54) is 6.07 Å². The van der Waals surface area contributed by atoms with Gasteiger partial charge >= 0.3 is 0 Å². The first-order valence-corrected chi connectivity index (χ1v) is 6.81. The lowest BCUT2D eigenvalue weighted by Crippen LogP contribution is -1.98. The molecule has 3 rings (SSSR count). The largest absolute Gasteiger partial charge is 0.399 e. The Morgan fingerprint density at radius 3 is 2.53 bits per heavy atom. The van der Waals surface area contributed by atoms with Gasteiger partial charge in [-0.25, -0.2) is 8.42 Å². The molecule has 0 aliphatic carbocycles. The van der Waals surface area contributed by atoms with Gasteiger partial charge in [-0.15, -0.1) is 0 Å². The van der Waals surface area contributed by atoms with Crippen molar-refractivity contribution in [3.63, 3.8) is 0 Å². The number of nitrogens with two attached hydrogens (primary N) is 1. The summed E-state index contributed by atoms with van der Waals surface area (Å²) in [7, 11) is -3.50. The third kappa shape index (κ3) is 1.31. The molecule has 1 heterocycles. The highest BCUT2D eigenvalue weighted by atomic mass is 35.5. The third-order valence-corrected chi connectivity index (χ3v) is 5.12. The van der Waals surface area contributed by atoms with Gasteiger partial charge in [0.1, 0.15) is 0 Å². The number of halogens is 1. The van der Waals surface area contributed by atoms with Crippen molar-refractivity contribution in [2.45, 2.75) is 9.79 Å². The Morgan fingerprint density at radius 2 is 1.76 bits per heavy atom. The average molecular weight is 266 g/mol. The van der Waals surface area contributed by atoms with Crippen molar-refractivity contribution < 1.29 is 8.42 Å². The van der Waals surface area contributed by atoms with E-state index >= 15 is 0 Å². The first-order valence-electron chi connectivity index (χ1n) is 4.95. The summed E-state index contributed by atoms with van der Waals surface area (Å²) in [5.74, 6) is 0. The van der Waals surface area contributed by atoms with Crippen LogP contribution in [-0.2, 0) is 9.84 Å². The molecule has 0 saturated heterocycles. The van der Waals surface area contributed by atoms with Gasteiger partial charge in [-0.05, 0) is 18.2 Å². The zero-order valence-corrected chi connectivity index (χ0v) is 10.2. The summed E-state index contributed by atoms with van der Waals surface area (Å²) in [6.45, 7) is 0. The molecule has 0 fully saturated rings. The van der Waals surface area contributed by atoms with Crippen LogP contribution in [0.1, 0.15) is 0 Å². The second-order valence-electron chi connectivity index (χ2n) is 3.88. The molecular formula is C12H8ClNO2S. The molecule has 2 aromatic carbocycles. The molecule has 0 saturated carbocycles. The van der Waals surface area contributed by atoms with Crippen molar-refractivity contribution in [2.24, 2.45) is 0 Å². The van der Waals surface area contributed by atoms with Crippen LogP contribution in [-0.4, -0.2) is 8.42 Å². The van der Waals surface area contributed by atoms with E-state index in [0.717, 1.165) is 0 Å². The highest BCUT2D eigenvalue weighted by Gasteiger charge is 2.34. The maximum atomic E-state index is 12.3. The summed E-state index contributed by atoms with van der Waals surface area (Å²) >= 11 is 5.99. The van der Waals surface area contributed by atoms with Crippen LogP contribution in [0.3, 0.4) is 0 Å². The molecule has 0 amide bonds. The number of hydrogen-bond acceptors (Lipinski definition) is 3. The molecule has 0 bridgehead atoms. The third-order valence-electron chi connectivity index (χ3n) is 2.80. The summed E-state index contributed by atoms with van der Waals surface area (Å²) < 4.78 is 24.6. The molecule has 17 heavy (non-hydrogen) atoms. The maximum absolute atomic E-state index is 12.3. The topological polar surface area (TPSA) is 60.2 Å². The summed E-state index contributed by atoms with van der Waals surface area (Å²) in [4.78, 5) is 0.456. The van der Waals surface area contributed by atoms with E-state index in [-0.39, 0.29) is 9.92 Å². The van der Waals surface area contributed by atoms with Crippen LogP contribution in [0.15, 0.2) is 46.2 Å². The molecule has 1 aliphatic rings. The molecule has 0 atom stereocenters. The Hall–Kier alpha value is -1.52. The number of nitrogen functional groups attached to an aromatic ring is 1. The fourth-order valence-electron chi connectivity index (χ4n) is 2.12. The molecule has 1 aliphatic heterocycles. The minimum atomic E-state index is -3.50. The molecule has 0 radical (unpaired) electrons. The van der Waals surface area contributed by atoms with Gasteiger partial charge in [0.05, 0.1) is 14.8 Å². The predicted molar refractivity (Wildman–Crippen MR) is 66.8 cm³/mol. The summed E-state index contributed by atoms with van der Waals surface area (Å²) in [6, 6.07) is 9.93. The molecule has 0 spiro atoms. The van der Waals surface area contributed by atoms with Gasteiger partial charge in [0.2, 0.25) is 9.84 Å². The number of rotatable bonds is 0. The molecule has 3 nitrogen and oxygen atoms in total. The van der Waals surface area contributed by atoms with Gasteiger partial charge in [0.15, 0.2) is 0 Å². The van der Waals surface area contributed by atoms with E-state index < -0.39 is 9.84 Å². The quantitative estimate of drug-likeness (QED) is 0.636. The van der Waals surface area contributed by atoms with Crippen LogP contribution >= 0.6 is 11.6 Å². The monoisotopic (exact) mass is 265 g/mol. The van der Waals surface area contributed by atoms with Gasteiger partial charge in [-0.1, -0.05) is 29.8 Å². The van der Waals surface area contributed by atoms with Gasteiger partial charge in [0.25, 0.3) is 0 Å². The van der Waals surface area contributed by atoms with Crippen LogP contribution in [0.2, 0.25) is 5.02 Å². The number of sulfone groups is 1. The molecule has 2 aromatic rings. The summed E-state index contributed by atoms with van der Waals surface area (Å²) in [5.41, 5.74) is 7.41. The van der Waals surface area contributed by atoms with Crippen LogP contribution in [0.5, 0.6) is 0 Å². The average Bonchev–Trinajstić information content (AvgIpc) is 2.49. The first kappa shape index (κ1) is 10.6. The highest BCUT2D eigenvalue weighted by molar-refractivity contribution is 7.92. The van der Waals surface area contributed by atoms with Gasteiger partial charge in [0, 0.05) is 16.8 Å². The summed E-state index contributed by atoms with van der Waals surface area (Å²) in [6.07, 6.45) is 0. The van der Waals surface area contributed by atoms with E-state index in [9.17, 15) is 8.42 Å². The zero-order chi connectivity index (χ0) is 12.2.